The zero-order chi connectivity index (χ0) is 12.8. The Kier molecular flexibility index (Phi) is 4.70. The molecule has 18 heavy (non-hydrogen) atoms. The zero-order valence-electron chi connectivity index (χ0n) is 10.4. The topological polar surface area (TPSA) is 41.1 Å². The minimum Gasteiger partial charge on any atom is -0.356 e. The van der Waals surface area contributed by atoms with Crippen molar-refractivity contribution < 1.29 is 9.18 Å². The third kappa shape index (κ3) is 4.11. The largest absolute Gasteiger partial charge is 0.356 e. The van der Waals surface area contributed by atoms with Gasteiger partial charge in [0.2, 0.25) is 5.91 Å². The fourth-order valence-corrected chi connectivity index (χ4v) is 2.27. The molecule has 1 aromatic rings. The molecule has 1 atom stereocenters. The van der Waals surface area contributed by atoms with Gasteiger partial charge in [-0.05, 0) is 49.5 Å². The van der Waals surface area contributed by atoms with Gasteiger partial charge in [-0.3, -0.25) is 4.79 Å². The molecule has 0 bridgehead atoms. The first-order valence-electron chi connectivity index (χ1n) is 6.46. The van der Waals surface area contributed by atoms with Crippen molar-refractivity contribution in [3.05, 3.63) is 35.6 Å². The number of amides is 1. The second-order valence-corrected chi connectivity index (χ2v) is 4.80. The van der Waals surface area contributed by atoms with E-state index in [1.165, 1.54) is 18.6 Å². The lowest BCUT2D eigenvalue weighted by Crippen LogP contribution is -2.27. The molecule has 0 radical (unpaired) electrons. The molecule has 1 aliphatic heterocycles. The number of hydrogen-bond acceptors (Lipinski definition) is 2. The molecular weight excluding hydrogens is 231 g/mol. The van der Waals surface area contributed by atoms with Crippen LogP contribution in [0.15, 0.2) is 24.3 Å². The molecule has 1 aromatic carbocycles. The zero-order valence-corrected chi connectivity index (χ0v) is 10.4. The monoisotopic (exact) mass is 250 g/mol. The van der Waals surface area contributed by atoms with Gasteiger partial charge in [0.15, 0.2) is 0 Å². The molecule has 1 heterocycles. The van der Waals surface area contributed by atoms with E-state index in [0.717, 1.165) is 25.1 Å². The van der Waals surface area contributed by atoms with Crippen molar-refractivity contribution in [1.29, 1.82) is 0 Å². The fourth-order valence-electron chi connectivity index (χ4n) is 2.27. The Morgan fingerprint density at radius 3 is 3.11 bits per heavy atom. The summed E-state index contributed by atoms with van der Waals surface area (Å²) in [6.07, 6.45) is 2.46. The van der Waals surface area contributed by atoms with Crippen molar-refractivity contribution in [3.63, 3.8) is 0 Å². The molecule has 4 heteroatoms. The highest BCUT2D eigenvalue weighted by Gasteiger charge is 2.14. The van der Waals surface area contributed by atoms with Crippen LogP contribution in [0, 0.1) is 11.7 Å². The van der Waals surface area contributed by atoms with Gasteiger partial charge in [0.05, 0.1) is 6.42 Å². The normalized spacial score (nSPS) is 18.8. The van der Waals surface area contributed by atoms with Crippen LogP contribution in [0.4, 0.5) is 4.39 Å². The lowest BCUT2D eigenvalue weighted by atomic mass is 10.1. The summed E-state index contributed by atoms with van der Waals surface area (Å²) < 4.78 is 12.9. The third-order valence-corrected chi connectivity index (χ3v) is 3.29. The predicted molar refractivity (Wildman–Crippen MR) is 68.7 cm³/mol. The van der Waals surface area contributed by atoms with E-state index in [0.29, 0.717) is 12.5 Å². The second-order valence-electron chi connectivity index (χ2n) is 4.80. The summed E-state index contributed by atoms with van der Waals surface area (Å²) in [5.74, 6) is 0.350. The van der Waals surface area contributed by atoms with Gasteiger partial charge >= 0.3 is 0 Å². The first kappa shape index (κ1) is 13.0. The number of nitrogens with one attached hydrogen (secondary N) is 2. The Labute approximate surface area is 107 Å². The smallest absolute Gasteiger partial charge is 0.224 e. The summed E-state index contributed by atoms with van der Waals surface area (Å²) in [7, 11) is 0. The van der Waals surface area contributed by atoms with Gasteiger partial charge < -0.3 is 10.6 Å². The number of carbonyl (C=O) groups excluding carboxylic acids is 1. The van der Waals surface area contributed by atoms with Crippen LogP contribution in [-0.4, -0.2) is 25.5 Å². The maximum atomic E-state index is 12.9. The Hall–Kier alpha value is -1.42. The van der Waals surface area contributed by atoms with E-state index < -0.39 is 0 Å². The quantitative estimate of drug-likeness (QED) is 0.831. The highest BCUT2D eigenvalue weighted by molar-refractivity contribution is 5.78. The van der Waals surface area contributed by atoms with E-state index >= 15 is 0 Å². The summed E-state index contributed by atoms with van der Waals surface area (Å²) in [5.41, 5.74) is 0.718. The first-order chi connectivity index (χ1) is 8.74. The average Bonchev–Trinajstić information content (AvgIpc) is 2.82. The number of halogens is 1. The Morgan fingerprint density at radius 2 is 2.39 bits per heavy atom. The van der Waals surface area contributed by atoms with Crippen LogP contribution < -0.4 is 10.6 Å². The van der Waals surface area contributed by atoms with Crippen LogP contribution in [0.2, 0.25) is 0 Å². The molecule has 0 aromatic heterocycles. The number of carbonyl (C=O) groups is 1. The van der Waals surface area contributed by atoms with Gasteiger partial charge in [-0.2, -0.15) is 0 Å². The van der Waals surface area contributed by atoms with Crippen molar-refractivity contribution >= 4 is 5.91 Å². The summed E-state index contributed by atoms with van der Waals surface area (Å²) in [6, 6.07) is 6.18. The Morgan fingerprint density at radius 1 is 1.50 bits per heavy atom. The van der Waals surface area contributed by atoms with E-state index in [1.54, 1.807) is 12.1 Å². The Bertz CT molecular complexity index is 403. The van der Waals surface area contributed by atoms with Gasteiger partial charge in [-0.1, -0.05) is 12.1 Å². The van der Waals surface area contributed by atoms with Crippen LogP contribution in [0.3, 0.4) is 0 Å². The van der Waals surface area contributed by atoms with E-state index in [4.69, 9.17) is 0 Å². The second kappa shape index (κ2) is 6.50. The lowest BCUT2D eigenvalue weighted by Gasteiger charge is -2.09. The molecule has 1 fully saturated rings. The van der Waals surface area contributed by atoms with Crippen LogP contribution in [0.1, 0.15) is 18.4 Å². The van der Waals surface area contributed by atoms with Crippen LogP contribution in [-0.2, 0) is 11.2 Å². The van der Waals surface area contributed by atoms with E-state index in [-0.39, 0.29) is 18.1 Å². The van der Waals surface area contributed by atoms with Crippen molar-refractivity contribution in [1.82, 2.24) is 10.6 Å². The minimum atomic E-state index is -0.294. The van der Waals surface area contributed by atoms with Crippen molar-refractivity contribution in [2.24, 2.45) is 5.92 Å². The van der Waals surface area contributed by atoms with Gasteiger partial charge in [0.1, 0.15) is 5.82 Å². The van der Waals surface area contributed by atoms with Crippen LogP contribution in [0.25, 0.3) is 0 Å². The highest BCUT2D eigenvalue weighted by Crippen LogP contribution is 2.10. The van der Waals surface area contributed by atoms with Crippen molar-refractivity contribution in [2.45, 2.75) is 19.3 Å². The average molecular weight is 250 g/mol. The number of benzene rings is 1. The minimum absolute atomic E-state index is 0.0356. The van der Waals surface area contributed by atoms with Gasteiger partial charge in [0.25, 0.3) is 0 Å². The molecule has 1 amide bonds. The van der Waals surface area contributed by atoms with E-state index in [9.17, 15) is 9.18 Å². The van der Waals surface area contributed by atoms with Gasteiger partial charge in [-0.15, -0.1) is 0 Å². The van der Waals surface area contributed by atoms with Crippen LogP contribution in [0.5, 0.6) is 0 Å². The summed E-state index contributed by atoms with van der Waals surface area (Å²) in [6.45, 7) is 2.85. The summed E-state index contributed by atoms with van der Waals surface area (Å²) in [4.78, 5) is 11.6. The molecule has 2 rings (SSSR count). The maximum absolute atomic E-state index is 12.9. The van der Waals surface area contributed by atoms with Crippen molar-refractivity contribution in [2.75, 3.05) is 19.6 Å². The number of hydrogen-bond donors (Lipinski definition) is 2. The molecular formula is C14H19FN2O. The van der Waals surface area contributed by atoms with E-state index in [2.05, 4.69) is 10.6 Å². The first-order valence-corrected chi connectivity index (χ1v) is 6.46. The van der Waals surface area contributed by atoms with Gasteiger partial charge in [0, 0.05) is 6.54 Å². The third-order valence-electron chi connectivity index (χ3n) is 3.29. The predicted octanol–water partition coefficient (Wildman–Crippen LogP) is 1.48. The summed E-state index contributed by atoms with van der Waals surface area (Å²) in [5, 5.41) is 6.19. The molecule has 3 nitrogen and oxygen atoms in total. The molecule has 1 aliphatic rings. The highest BCUT2D eigenvalue weighted by atomic mass is 19.1. The summed E-state index contributed by atoms with van der Waals surface area (Å²) >= 11 is 0. The standard InChI is InChI=1S/C14H19FN2O/c15-13-3-1-2-12(8-13)9-14(18)17-7-5-11-4-6-16-10-11/h1-3,8,11,16H,4-7,9-10H2,(H,17,18). The maximum Gasteiger partial charge on any atom is 0.224 e. The Balaban J connectivity index is 1.68. The number of rotatable bonds is 5. The lowest BCUT2D eigenvalue weighted by molar-refractivity contribution is -0.120. The molecule has 1 unspecified atom stereocenters. The molecule has 0 aliphatic carbocycles. The molecule has 0 saturated carbocycles. The van der Waals surface area contributed by atoms with E-state index in [1.807, 2.05) is 0 Å². The van der Waals surface area contributed by atoms with Gasteiger partial charge in [-0.25, -0.2) is 4.39 Å². The van der Waals surface area contributed by atoms with Crippen molar-refractivity contribution in [3.8, 4) is 0 Å². The molecule has 98 valence electrons. The van der Waals surface area contributed by atoms with Crippen LogP contribution >= 0.6 is 0 Å². The SMILES string of the molecule is O=C(Cc1cccc(F)c1)NCCC1CCNC1. The molecule has 2 N–H and O–H groups in total. The fraction of sp³-hybridized carbons (Fsp3) is 0.500. The molecule has 0 spiro atoms. The molecule has 1 saturated heterocycles.